The fourth-order valence-electron chi connectivity index (χ4n) is 4.45. The summed E-state index contributed by atoms with van der Waals surface area (Å²) in [4.78, 5) is 9.65. The first-order valence-electron chi connectivity index (χ1n) is 11.2. The lowest BCUT2D eigenvalue weighted by atomic mass is 9.95. The maximum Gasteiger partial charge on any atom is 0.247 e. The van der Waals surface area contributed by atoms with Crippen molar-refractivity contribution < 1.29 is 13.2 Å². The minimum Gasteiger partial charge on any atom is -0.437 e. The van der Waals surface area contributed by atoms with Crippen molar-refractivity contribution in [2.24, 2.45) is 0 Å². The van der Waals surface area contributed by atoms with Gasteiger partial charge in [0.25, 0.3) is 0 Å². The van der Waals surface area contributed by atoms with E-state index >= 15 is 0 Å². The van der Waals surface area contributed by atoms with Crippen molar-refractivity contribution in [2.75, 3.05) is 0 Å². The van der Waals surface area contributed by atoms with E-state index in [1.807, 2.05) is 48.7 Å². The number of rotatable bonds is 7. The predicted molar refractivity (Wildman–Crippen MR) is 123 cm³/mol. The second-order valence-electron chi connectivity index (χ2n) is 8.57. The van der Waals surface area contributed by atoms with Crippen LogP contribution in [0, 0.1) is 6.92 Å². The van der Waals surface area contributed by atoms with Gasteiger partial charge in [-0.15, -0.1) is 0 Å². The molecule has 166 valence electrons. The normalized spacial score (nSPS) is 15.3. The summed E-state index contributed by atoms with van der Waals surface area (Å²) in [7, 11) is -3.37. The van der Waals surface area contributed by atoms with E-state index in [-0.39, 0.29) is 0 Å². The summed E-state index contributed by atoms with van der Waals surface area (Å²) in [5.74, 6) is 1.84. The molecule has 0 saturated heterocycles. The molecule has 4 rings (SSSR count). The second kappa shape index (κ2) is 8.61. The van der Waals surface area contributed by atoms with Gasteiger partial charge < -0.3 is 9.30 Å². The van der Waals surface area contributed by atoms with Crippen molar-refractivity contribution in [1.82, 2.24) is 14.5 Å². The zero-order valence-electron chi connectivity index (χ0n) is 18.8. The van der Waals surface area contributed by atoms with E-state index in [4.69, 9.17) is 14.7 Å². The molecule has 1 unspecified atom stereocenters. The lowest BCUT2D eigenvalue weighted by molar-refractivity contribution is 0.463. The summed E-state index contributed by atoms with van der Waals surface area (Å²) in [6, 6.07) is 9.55. The van der Waals surface area contributed by atoms with Crippen LogP contribution in [0.4, 0.5) is 0 Å². The van der Waals surface area contributed by atoms with Gasteiger partial charge in [0.05, 0.1) is 10.8 Å². The third-order valence-electron chi connectivity index (χ3n) is 6.07. The molecule has 0 bridgehead atoms. The van der Waals surface area contributed by atoms with E-state index in [9.17, 15) is 8.42 Å². The second-order valence-corrected chi connectivity index (χ2v) is 11.2. The highest BCUT2D eigenvalue weighted by Gasteiger charge is 2.34. The van der Waals surface area contributed by atoms with Crippen LogP contribution in [0.15, 0.2) is 30.3 Å². The minimum absolute atomic E-state index is 0.459. The number of nitrogens with zero attached hydrogens (tertiary/aromatic N) is 3. The highest BCUT2D eigenvalue weighted by molar-refractivity contribution is 7.92. The first-order valence-corrected chi connectivity index (χ1v) is 12.8. The molecule has 1 atom stereocenters. The Kier molecular flexibility index (Phi) is 6.06. The third kappa shape index (κ3) is 3.95. The summed E-state index contributed by atoms with van der Waals surface area (Å²) < 4.78 is 34.8. The van der Waals surface area contributed by atoms with Crippen LogP contribution in [-0.2, 0) is 22.7 Å². The molecular weight excluding hydrogens is 410 g/mol. The number of hydrogen-bond donors (Lipinski definition) is 0. The molecule has 0 saturated carbocycles. The summed E-state index contributed by atoms with van der Waals surface area (Å²) in [5.41, 5.74) is 3.67. The number of aromatic nitrogens is 3. The summed E-state index contributed by atoms with van der Waals surface area (Å²) in [5, 5.41) is -1.10. The first kappa shape index (κ1) is 21.8. The molecule has 1 aliphatic carbocycles. The van der Waals surface area contributed by atoms with E-state index < -0.39 is 20.5 Å². The van der Waals surface area contributed by atoms with Crippen LogP contribution in [0.1, 0.15) is 68.9 Å². The number of pyridine rings is 1. The molecule has 7 heteroatoms. The Balaban J connectivity index is 1.98. The standard InChI is InChI=1S/C24H31N3O3S/c1-5-11-21(31(28,29)16(2)3)27-17(4)25-22-23(27)19-14-9-10-15-20(19)26-24(22)30-18-12-7-6-8-13-18/h6-8,12-13,16,21H,5,9-11,14-15H2,1-4H3. The molecule has 1 aromatic carbocycles. The first-order chi connectivity index (χ1) is 14.8. The van der Waals surface area contributed by atoms with Gasteiger partial charge in [-0.25, -0.2) is 18.4 Å². The van der Waals surface area contributed by atoms with Gasteiger partial charge in [0.1, 0.15) is 16.9 Å². The van der Waals surface area contributed by atoms with Crippen molar-refractivity contribution in [3.63, 3.8) is 0 Å². The molecule has 3 aromatic rings. The predicted octanol–water partition coefficient (Wildman–Crippen LogP) is 5.53. The Bertz CT molecular complexity index is 1180. The largest absolute Gasteiger partial charge is 0.437 e. The van der Waals surface area contributed by atoms with Gasteiger partial charge in [0, 0.05) is 5.69 Å². The molecule has 0 spiro atoms. The molecule has 0 radical (unpaired) electrons. The van der Waals surface area contributed by atoms with E-state index in [1.54, 1.807) is 13.8 Å². The number of ether oxygens (including phenoxy) is 1. The van der Waals surface area contributed by atoms with Gasteiger partial charge >= 0.3 is 0 Å². The van der Waals surface area contributed by atoms with Crippen LogP contribution in [-0.4, -0.2) is 28.2 Å². The maximum atomic E-state index is 13.4. The van der Waals surface area contributed by atoms with Crippen LogP contribution in [0.2, 0.25) is 0 Å². The van der Waals surface area contributed by atoms with Crippen molar-refractivity contribution in [1.29, 1.82) is 0 Å². The van der Waals surface area contributed by atoms with Crippen molar-refractivity contribution in [3.05, 3.63) is 47.4 Å². The number of para-hydroxylation sites is 1. The van der Waals surface area contributed by atoms with Crippen molar-refractivity contribution >= 4 is 20.9 Å². The number of hydrogen-bond acceptors (Lipinski definition) is 5. The number of benzene rings is 1. The van der Waals surface area contributed by atoms with E-state index in [0.717, 1.165) is 48.9 Å². The minimum atomic E-state index is -3.37. The number of sulfone groups is 1. The third-order valence-corrected chi connectivity index (χ3v) is 8.59. The fraction of sp³-hybridized carbons (Fsp3) is 0.500. The molecule has 0 N–H and O–H groups in total. The highest BCUT2D eigenvalue weighted by Crippen LogP contribution is 2.39. The smallest absolute Gasteiger partial charge is 0.247 e. The van der Waals surface area contributed by atoms with E-state index in [1.165, 1.54) is 0 Å². The van der Waals surface area contributed by atoms with Crippen LogP contribution in [0.5, 0.6) is 11.6 Å². The van der Waals surface area contributed by atoms with Crippen LogP contribution in [0.3, 0.4) is 0 Å². The maximum absolute atomic E-state index is 13.4. The van der Waals surface area contributed by atoms with E-state index in [0.29, 0.717) is 29.4 Å². The molecule has 0 amide bonds. The summed E-state index contributed by atoms with van der Waals surface area (Å²) in [6.07, 6.45) is 5.23. The Morgan fingerprint density at radius 1 is 1.10 bits per heavy atom. The average Bonchev–Trinajstić information content (AvgIpc) is 3.09. The van der Waals surface area contributed by atoms with Gasteiger partial charge in [0.15, 0.2) is 15.4 Å². The monoisotopic (exact) mass is 441 g/mol. The number of fused-ring (bicyclic) bond motifs is 3. The van der Waals surface area contributed by atoms with Crippen LogP contribution in [0.25, 0.3) is 11.0 Å². The lowest BCUT2D eigenvalue weighted by Crippen LogP contribution is -2.28. The highest BCUT2D eigenvalue weighted by atomic mass is 32.2. The lowest BCUT2D eigenvalue weighted by Gasteiger charge is -2.25. The van der Waals surface area contributed by atoms with Gasteiger partial charge in [0.2, 0.25) is 5.88 Å². The number of imidazole rings is 1. The molecule has 6 nitrogen and oxygen atoms in total. The molecule has 2 heterocycles. The Morgan fingerprint density at radius 3 is 2.48 bits per heavy atom. The van der Waals surface area contributed by atoms with Gasteiger partial charge in [-0.2, -0.15) is 0 Å². The molecule has 0 aliphatic heterocycles. The van der Waals surface area contributed by atoms with Crippen molar-refractivity contribution in [3.8, 4) is 11.6 Å². The molecule has 31 heavy (non-hydrogen) atoms. The number of aryl methyl sites for hydroxylation is 3. The SMILES string of the molecule is CCCC(n1c(C)nc2c(Oc3ccccc3)nc3c(c21)CCCC3)S(=O)(=O)C(C)C. The molecule has 1 aliphatic rings. The average molecular weight is 442 g/mol. The summed E-state index contributed by atoms with van der Waals surface area (Å²) in [6.45, 7) is 7.43. The fourth-order valence-corrected chi connectivity index (χ4v) is 6.19. The van der Waals surface area contributed by atoms with Crippen LogP contribution < -0.4 is 4.74 Å². The molecule has 0 fully saturated rings. The zero-order valence-corrected chi connectivity index (χ0v) is 19.6. The Morgan fingerprint density at radius 2 is 1.81 bits per heavy atom. The van der Waals surface area contributed by atoms with Gasteiger partial charge in [-0.05, 0) is 70.6 Å². The van der Waals surface area contributed by atoms with Crippen molar-refractivity contribution in [2.45, 2.75) is 76.8 Å². The Hall–Kier alpha value is -2.41. The molecular formula is C24H31N3O3S. The molecule has 2 aromatic heterocycles. The van der Waals surface area contributed by atoms with Gasteiger partial charge in [-0.3, -0.25) is 0 Å². The van der Waals surface area contributed by atoms with Gasteiger partial charge in [-0.1, -0.05) is 31.5 Å². The zero-order chi connectivity index (χ0) is 22.2. The van der Waals surface area contributed by atoms with E-state index in [2.05, 4.69) is 0 Å². The summed E-state index contributed by atoms with van der Waals surface area (Å²) >= 11 is 0. The Labute approximate surface area is 184 Å². The van der Waals surface area contributed by atoms with Crippen LogP contribution >= 0.6 is 0 Å². The quantitative estimate of drug-likeness (QED) is 0.482. The topological polar surface area (TPSA) is 74.1 Å².